The Kier molecular flexibility index (Phi) is 4.10. The van der Waals surface area contributed by atoms with Crippen LogP contribution >= 0.6 is 22.9 Å². The van der Waals surface area contributed by atoms with Gasteiger partial charge in [-0.2, -0.15) is 11.3 Å². The molecule has 1 N–H and O–H groups in total. The third-order valence-electron chi connectivity index (χ3n) is 3.42. The van der Waals surface area contributed by atoms with E-state index in [1.807, 2.05) is 7.05 Å². The Balaban J connectivity index is 2.52. The molecule has 3 heteroatoms. The first kappa shape index (κ1) is 13.6. The van der Waals surface area contributed by atoms with Crippen LogP contribution in [-0.4, -0.2) is 7.05 Å². The highest BCUT2D eigenvalue weighted by Crippen LogP contribution is 2.33. The Morgan fingerprint density at radius 3 is 2.22 bits per heavy atom. The first-order valence-electron chi connectivity index (χ1n) is 6.01. The molecule has 1 aromatic heterocycles. The smallest absolute Gasteiger partial charge is 0.0599 e. The number of nitrogens with one attached hydrogen (secondary N) is 1. The van der Waals surface area contributed by atoms with Gasteiger partial charge in [-0.05, 0) is 72.5 Å². The lowest BCUT2D eigenvalue weighted by Crippen LogP contribution is -2.18. The normalized spacial score (nSPS) is 12.7. The van der Waals surface area contributed by atoms with Gasteiger partial charge in [-0.15, -0.1) is 0 Å². The zero-order valence-corrected chi connectivity index (χ0v) is 12.7. The average Bonchev–Trinajstić information content (AvgIpc) is 2.73. The Morgan fingerprint density at radius 1 is 1.00 bits per heavy atom. The maximum atomic E-state index is 6.41. The summed E-state index contributed by atoms with van der Waals surface area (Å²) in [6, 6.07) is 4.41. The summed E-state index contributed by atoms with van der Waals surface area (Å²) in [5, 5.41) is 8.58. The Labute approximate surface area is 118 Å². The summed E-state index contributed by atoms with van der Waals surface area (Å²) in [7, 11) is 1.98. The molecule has 0 spiro atoms. The van der Waals surface area contributed by atoms with Crippen molar-refractivity contribution < 1.29 is 0 Å². The van der Waals surface area contributed by atoms with E-state index in [4.69, 9.17) is 11.6 Å². The van der Waals surface area contributed by atoms with Crippen LogP contribution < -0.4 is 5.32 Å². The monoisotopic (exact) mass is 279 g/mol. The van der Waals surface area contributed by atoms with E-state index in [1.165, 1.54) is 22.3 Å². The molecule has 1 heterocycles. The van der Waals surface area contributed by atoms with Crippen LogP contribution in [0.15, 0.2) is 22.9 Å². The Bertz CT molecular complexity index is 560. The van der Waals surface area contributed by atoms with E-state index < -0.39 is 0 Å². The molecule has 1 unspecified atom stereocenters. The van der Waals surface area contributed by atoms with Gasteiger partial charge in [0, 0.05) is 5.02 Å². The fourth-order valence-corrected chi connectivity index (χ4v) is 3.37. The summed E-state index contributed by atoms with van der Waals surface area (Å²) in [5.74, 6) is 0. The van der Waals surface area contributed by atoms with Crippen LogP contribution in [-0.2, 0) is 0 Å². The highest BCUT2D eigenvalue weighted by atomic mass is 35.5. The molecule has 0 saturated heterocycles. The molecule has 0 aliphatic rings. The third kappa shape index (κ3) is 2.46. The highest BCUT2D eigenvalue weighted by Gasteiger charge is 2.18. The molecule has 96 valence electrons. The van der Waals surface area contributed by atoms with Gasteiger partial charge in [-0.1, -0.05) is 17.7 Å². The Morgan fingerprint density at radius 2 is 1.67 bits per heavy atom. The predicted octanol–water partition coefficient (Wildman–Crippen LogP) is 4.64. The number of rotatable bonds is 3. The van der Waals surface area contributed by atoms with Crippen LogP contribution in [0.1, 0.15) is 33.9 Å². The summed E-state index contributed by atoms with van der Waals surface area (Å²) in [4.78, 5) is 0. The molecule has 0 saturated carbocycles. The van der Waals surface area contributed by atoms with E-state index in [-0.39, 0.29) is 6.04 Å². The summed E-state index contributed by atoms with van der Waals surface area (Å²) < 4.78 is 0. The van der Waals surface area contributed by atoms with Crippen molar-refractivity contribution in [1.82, 2.24) is 5.32 Å². The fraction of sp³-hybridized carbons (Fsp3) is 0.333. The zero-order valence-electron chi connectivity index (χ0n) is 11.2. The van der Waals surface area contributed by atoms with E-state index in [0.29, 0.717) is 0 Å². The molecular formula is C15H18ClNS. The van der Waals surface area contributed by atoms with Crippen LogP contribution in [0, 0.1) is 20.8 Å². The minimum atomic E-state index is 0.169. The van der Waals surface area contributed by atoms with Gasteiger partial charge in [0.2, 0.25) is 0 Å². The van der Waals surface area contributed by atoms with E-state index in [0.717, 1.165) is 10.6 Å². The van der Waals surface area contributed by atoms with Crippen molar-refractivity contribution in [2.24, 2.45) is 0 Å². The molecular weight excluding hydrogens is 262 g/mol. The average molecular weight is 280 g/mol. The van der Waals surface area contributed by atoms with Gasteiger partial charge >= 0.3 is 0 Å². The van der Waals surface area contributed by atoms with Crippen LogP contribution in [0.3, 0.4) is 0 Å². The third-order valence-corrected chi connectivity index (χ3v) is 4.63. The van der Waals surface area contributed by atoms with Crippen LogP contribution in [0.2, 0.25) is 5.02 Å². The summed E-state index contributed by atoms with van der Waals surface area (Å²) in [6.07, 6.45) is 0. The van der Waals surface area contributed by atoms with Crippen molar-refractivity contribution >= 4 is 22.9 Å². The maximum absolute atomic E-state index is 6.41. The second kappa shape index (κ2) is 5.43. The zero-order chi connectivity index (χ0) is 13.3. The highest BCUT2D eigenvalue weighted by molar-refractivity contribution is 7.08. The maximum Gasteiger partial charge on any atom is 0.0599 e. The quantitative estimate of drug-likeness (QED) is 0.863. The minimum absolute atomic E-state index is 0.169. The molecule has 0 fully saturated rings. The fourth-order valence-electron chi connectivity index (χ4n) is 2.17. The topological polar surface area (TPSA) is 12.0 Å². The van der Waals surface area contributed by atoms with Crippen molar-refractivity contribution in [3.05, 3.63) is 55.7 Å². The number of hydrogen-bond acceptors (Lipinski definition) is 2. The van der Waals surface area contributed by atoms with Gasteiger partial charge in [0.15, 0.2) is 0 Å². The van der Waals surface area contributed by atoms with Gasteiger partial charge in [0.05, 0.1) is 6.04 Å². The molecule has 1 atom stereocenters. The van der Waals surface area contributed by atoms with Gasteiger partial charge in [0.1, 0.15) is 0 Å². The molecule has 0 radical (unpaired) electrons. The SMILES string of the molecule is CNC(c1cscc1C)c1cc(C)c(C)cc1Cl. The van der Waals surface area contributed by atoms with Crippen molar-refractivity contribution in [3.63, 3.8) is 0 Å². The van der Waals surface area contributed by atoms with E-state index >= 15 is 0 Å². The van der Waals surface area contributed by atoms with Crippen LogP contribution in [0.5, 0.6) is 0 Å². The van der Waals surface area contributed by atoms with Gasteiger partial charge in [-0.25, -0.2) is 0 Å². The number of hydrogen-bond donors (Lipinski definition) is 1. The second-order valence-corrected chi connectivity index (χ2v) is 5.84. The molecule has 0 aliphatic carbocycles. The number of benzene rings is 1. The number of thiophene rings is 1. The molecule has 1 aromatic carbocycles. The molecule has 2 aromatic rings. The van der Waals surface area contributed by atoms with Crippen molar-refractivity contribution in [2.45, 2.75) is 26.8 Å². The number of halogens is 1. The molecule has 0 aliphatic heterocycles. The standard InChI is InChI=1S/C15H18ClNS/c1-9-5-12(14(16)6-10(9)2)15(17-4)13-8-18-7-11(13)3/h5-8,15,17H,1-4H3. The largest absolute Gasteiger partial charge is 0.309 e. The molecule has 0 bridgehead atoms. The lowest BCUT2D eigenvalue weighted by Gasteiger charge is -2.19. The molecule has 18 heavy (non-hydrogen) atoms. The van der Waals surface area contributed by atoms with Gasteiger partial charge in [0.25, 0.3) is 0 Å². The molecule has 0 amide bonds. The lowest BCUT2D eigenvalue weighted by molar-refractivity contribution is 0.690. The van der Waals surface area contributed by atoms with Crippen molar-refractivity contribution in [1.29, 1.82) is 0 Å². The van der Waals surface area contributed by atoms with Crippen molar-refractivity contribution in [2.75, 3.05) is 7.05 Å². The molecule has 2 rings (SSSR count). The van der Waals surface area contributed by atoms with Gasteiger partial charge < -0.3 is 5.32 Å². The summed E-state index contributed by atoms with van der Waals surface area (Å²) in [6.45, 7) is 6.36. The summed E-state index contributed by atoms with van der Waals surface area (Å²) in [5.41, 5.74) is 6.30. The van der Waals surface area contributed by atoms with Crippen LogP contribution in [0.4, 0.5) is 0 Å². The Hall–Kier alpha value is -0.830. The van der Waals surface area contributed by atoms with E-state index in [1.54, 1.807) is 11.3 Å². The van der Waals surface area contributed by atoms with Crippen LogP contribution in [0.25, 0.3) is 0 Å². The number of aryl methyl sites for hydroxylation is 3. The lowest BCUT2D eigenvalue weighted by atomic mass is 9.95. The summed E-state index contributed by atoms with van der Waals surface area (Å²) >= 11 is 8.14. The molecule has 1 nitrogen and oxygen atoms in total. The van der Waals surface area contributed by atoms with Gasteiger partial charge in [-0.3, -0.25) is 0 Å². The van der Waals surface area contributed by atoms with Crippen molar-refractivity contribution in [3.8, 4) is 0 Å². The minimum Gasteiger partial charge on any atom is -0.309 e. The first-order chi connectivity index (χ1) is 8.54. The van der Waals surface area contributed by atoms with E-state index in [9.17, 15) is 0 Å². The van der Waals surface area contributed by atoms with E-state index in [2.05, 4.69) is 49.0 Å². The second-order valence-electron chi connectivity index (χ2n) is 4.69. The first-order valence-corrected chi connectivity index (χ1v) is 7.33. The predicted molar refractivity (Wildman–Crippen MR) is 80.9 cm³/mol.